The Morgan fingerprint density at radius 2 is 1.86 bits per heavy atom. The average Bonchev–Trinajstić information content (AvgIpc) is 3.63. The lowest BCUT2D eigenvalue weighted by atomic mass is 9.93. The Hall–Kier alpha value is -3.60. The fourth-order valence-corrected chi connectivity index (χ4v) is 6.81. The van der Waals surface area contributed by atoms with Crippen molar-refractivity contribution >= 4 is 34.1 Å². The molecular formula is C32H34N4O5S. The molecule has 1 aromatic carbocycles. The summed E-state index contributed by atoms with van der Waals surface area (Å²) >= 11 is 1.53. The number of ether oxygens (including phenoxy) is 2. The number of aromatic carboxylic acids is 1. The van der Waals surface area contributed by atoms with Crippen molar-refractivity contribution in [2.45, 2.75) is 63.8 Å². The average molecular weight is 587 g/mol. The van der Waals surface area contributed by atoms with Crippen LogP contribution in [0.4, 0.5) is 0 Å². The smallest absolute Gasteiger partial charge is 0.335 e. The minimum Gasteiger partial charge on any atom is -0.478 e. The highest BCUT2D eigenvalue weighted by molar-refractivity contribution is 7.14. The standard InChI is InChI=1S/C32H34N4O5S/c37-31(21-4-5-21)28-9-7-24(42-28)19-41-30-3-1-2-25(34-30)20-10-13-35(14-11-20)18-29-33-26-8-6-22(32(38)39)16-27(26)36(29)17-23-12-15-40-23/h1-3,6-9,16,20-21,23H,4-5,10-15,17-19H2,(H,38,39). The first-order valence-corrected chi connectivity index (χ1v) is 15.6. The number of fused-ring (bicyclic) bond motifs is 1. The Morgan fingerprint density at radius 3 is 2.60 bits per heavy atom. The molecule has 3 aromatic heterocycles. The lowest BCUT2D eigenvalue weighted by molar-refractivity contribution is -0.0592. The first-order valence-electron chi connectivity index (χ1n) is 14.8. The number of aromatic nitrogens is 3. The number of benzene rings is 1. The monoisotopic (exact) mass is 586 g/mol. The van der Waals surface area contributed by atoms with Gasteiger partial charge in [0.25, 0.3) is 0 Å². The van der Waals surface area contributed by atoms with Crippen molar-refractivity contribution < 1.29 is 24.2 Å². The van der Waals surface area contributed by atoms with Crippen LogP contribution in [0, 0.1) is 5.92 Å². The summed E-state index contributed by atoms with van der Waals surface area (Å²) in [5.74, 6) is 1.50. The number of carboxylic acids is 1. The van der Waals surface area contributed by atoms with Gasteiger partial charge in [0.2, 0.25) is 5.88 Å². The molecule has 0 amide bonds. The maximum absolute atomic E-state index is 12.3. The van der Waals surface area contributed by atoms with Crippen LogP contribution in [0.2, 0.25) is 0 Å². The summed E-state index contributed by atoms with van der Waals surface area (Å²) in [5.41, 5.74) is 3.00. The van der Waals surface area contributed by atoms with Gasteiger partial charge in [-0.15, -0.1) is 11.3 Å². The number of carbonyl (C=O) groups excluding carboxylic acids is 1. The maximum Gasteiger partial charge on any atom is 0.335 e. The predicted molar refractivity (Wildman–Crippen MR) is 158 cm³/mol. The number of carboxylic acid groups (broad SMARTS) is 1. The largest absolute Gasteiger partial charge is 0.478 e. The number of rotatable bonds is 11. The molecule has 4 aromatic rings. The first-order chi connectivity index (χ1) is 20.5. The number of likely N-dealkylation sites (tertiary alicyclic amines) is 1. The molecule has 7 rings (SSSR count). The fraction of sp³-hybridized carbons (Fsp3) is 0.438. The number of ketones is 1. The van der Waals surface area contributed by atoms with Crippen LogP contribution in [0.1, 0.15) is 74.4 Å². The molecule has 0 radical (unpaired) electrons. The van der Waals surface area contributed by atoms with Crippen LogP contribution in [0.25, 0.3) is 11.0 Å². The van der Waals surface area contributed by atoms with Gasteiger partial charge in [-0.05, 0) is 81.6 Å². The lowest BCUT2D eigenvalue weighted by Crippen LogP contribution is -2.35. The minimum atomic E-state index is -0.933. The van der Waals surface area contributed by atoms with Gasteiger partial charge in [0.05, 0.1) is 40.7 Å². The van der Waals surface area contributed by atoms with Crippen LogP contribution in [0.3, 0.4) is 0 Å². The maximum atomic E-state index is 12.3. The van der Waals surface area contributed by atoms with Crippen LogP contribution in [0.5, 0.6) is 5.88 Å². The van der Waals surface area contributed by atoms with E-state index >= 15 is 0 Å². The van der Waals surface area contributed by atoms with E-state index < -0.39 is 5.97 Å². The molecule has 9 nitrogen and oxygen atoms in total. The van der Waals surface area contributed by atoms with E-state index in [0.717, 1.165) is 84.1 Å². The van der Waals surface area contributed by atoms with Crippen molar-refractivity contribution in [3.8, 4) is 5.88 Å². The molecule has 2 aliphatic heterocycles. The molecule has 10 heteroatoms. The van der Waals surface area contributed by atoms with Crippen molar-refractivity contribution in [2.24, 2.45) is 5.92 Å². The van der Waals surface area contributed by atoms with E-state index in [1.807, 2.05) is 24.3 Å². The highest BCUT2D eigenvalue weighted by Gasteiger charge is 2.31. The third-order valence-electron chi connectivity index (χ3n) is 8.58. The van der Waals surface area contributed by atoms with Crippen molar-refractivity contribution in [2.75, 3.05) is 19.7 Å². The highest BCUT2D eigenvalue weighted by Crippen LogP contribution is 2.35. The summed E-state index contributed by atoms with van der Waals surface area (Å²) in [7, 11) is 0. The molecule has 0 spiro atoms. The number of nitrogens with zero attached hydrogens (tertiary/aromatic N) is 4. The number of Topliss-reactive ketones (excluding diaryl/α,β-unsaturated/α-hetero) is 1. The molecule has 2 saturated heterocycles. The number of pyridine rings is 1. The quantitative estimate of drug-likeness (QED) is 0.229. The second kappa shape index (κ2) is 11.6. The van der Waals surface area contributed by atoms with Gasteiger partial charge in [-0.1, -0.05) is 6.07 Å². The molecule has 218 valence electrons. The molecule has 1 N–H and O–H groups in total. The summed E-state index contributed by atoms with van der Waals surface area (Å²) in [5, 5.41) is 9.51. The number of imidazole rings is 1. The van der Waals surface area contributed by atoms with E-state index in [4.69, 9.17) is 19.4 Å². The zero-order valence-electron chi connectivity index (χ0n) is 23.4. The van der Waals surface area contributed by atoms with E-state index in [1.54, 1.807) is 18.2 Å². The second-order valence-corrected chi connectivity index (χ2v) is 12.7. The van der Waals surface area contributed by atoms with E-state index in [-0.39, 0.29) is 23.4 Å². The minimum absolute atomic E-state index is 0.146. The van der Waals surface area contributed by atoms with Crippen LogP contribution in [0.15, 0.2) is 48.5 Å². The van der Waals surface area contributed by atoms with Crippen molar-refractivity contribution in [3.05, 3.63) is 75.4 Å². The Labute approximate surface area is 248 Å². The number of hydrogen-bond donors (Lipinski definition) is 1. The number of piperidine rings is 1. The molecule has 1 atom stereocenters. The van der Waals surface area contributed by atoms with Gasteiger partial charge >= 0.3 is 5.97 Å². The third kappa shape index (κ3) is 5.84. The van der Waals surface area contributed by atoms with E-state index in [1.165, 1.54) is 11.3 Å². The summed E-state index contributed by atoms with van der Waals surface area (Å²) in [4.78, 5) is 37.9. The van der Waals surface area contributed by atoms with Crippen LogP contribution in [-0.4, -0.2) is 62.1 Å². The Bertz CT molecular complexity index is 1610. The summed E-state index contributed by atoms with van der Waals surface area (Å²) < 4.78 is 13.9. The highest BCUT2D eigenvalue weighted by atomic mass is 32.1. The van der Waals surface area contributed by atoms with E-state index in [0.29, 0.717) is 31.5 Å². The SMILES string of the molecule is O=C(O)c1ccc2nc(CN3CCC(c4cccc(OCc5ccc(C(=O)C6CC6)s5)n4)CC3)n(CC3CCO3)c2c1. The van der Waals surface area contributed by atoms with Crippen molar-refractivity contribution in [1.29, 1.82) is 0 Å². The molecule has 1 saturated carbocycles. The molecule has 5 heterocycles. The van der Waals surface area contributed by atoms with Gasteiger partial charge in [0.15, 0.2) is 5.78 Å². The van der Waals surface area contributed by atoms with Gasteiger partial charge in [-0.3, -0.25) is 9.69 Å². The van der Waals surface area contributed by atoms with E-state index in [9.17, 15) is 14.7 Å². The van der Waals surface area contributed by atoms with Gasteiger partial charge in [0, 0.05) is 35.1 Å². The number of thiophene rings is 1. The Kier molecular flexibility index (Phi) is 7.52. The summed E-state index contributed by atoms with van der Waals surface area (Å²) in [6.07, 6.45) is 5.17. The predicted octanol–water partition coefficient (Wildman–Crippen LogP) is 5.53. The number of carbonyl (C=O) groups is 2. The molecule has 1 aliphatic carbocycles. The van der Waals surface area contributed by atoms with Crippen molar-refractivity contribution in [1.82, 2.24) is 19.4 Å². The molecule has 42 heavy (non-hydrogen) atoms. The lowest BCUT2D eigenvalue weighted by Gasteiger charge is -2.32. The van der Waals surface area contributed by atoms with Crippen LogP contribution >= 0.6 is 11.3 Å². The summed E-state index contributed by atoms with van der Waals surface area (Å²) in [6, 6.07) is 15.1. The van der Waals surface area contributed by atoms with Gasteiger partial charge < -0.3 is 19.1 Å². The Balaban J connectivity index is 0.979. The molecule has 3 fully saturated rings. The third-order valence-corrected chi connectivity index (χ3v) is 9.66. The molecule has 1 unspecified atom stereocenters. The molecule has 3 aliphatic rings. The molecular weight excluding hydrogens is 552 g/mol. The van der Waals surface area contributed by atoms with Gasteiger partial charge in [-0.2, -0.15) is 0 Å². The zero-order chi connectivity index (χ0) is 28.6. The van der Waals surface area contributed by atoms with Gasteiger partial charge in [0.1, 0.15) is 12.4 Å². The van der Waals surface area contributed by atoms with E-state index in [2.05, 4.69) is 15.5 Å². The topological polar surface area (TPSA) is 107 Å². The normalized spacial score (nSPS) is 19.6. The number of hydrogen-bond acceptors (Lipinski definition) is 8. The molecule has 0 bridgehead atoms. The second-order valence-electron chi connectivity index (χ2n) is 11.6. The van der Waals surface area contributed by atoms with Crippen molar-refractivity contribution in [3.63, 3.8) is 0 Å². The van der Waals surface area contributed by atoms with Crippen LogP contribution in [-0.2, 0) is 24.4 Å². The Morgan fingerprint density at radius 1 is 1.02 bits per heavy atom. The first kappa shape index (κ1) is 27.2. The zero-order valence-corrected chi connectivity index (χ0v) is 24.2. The fourth-order valence-electron chi connectivity index (χ4n) is 5.87. The summed E-state index contributed by atoms with van der Waals surface area (Å²) in [6.45, 7) is 4.43. The van der Waals surface area contributed by atoms with Gasteiger partial charge in [-0.25, -0.2) is 14.8 Å². The van der Waals surface area contributed by atoms with Crippen LogP contribution < -0.4 is 4.74 Å².